The molecule has 14 heavy (non-hydrogen) atoms. The predicted octanol–water partition coefficient (Wildman–Crippen LogP) is 3.88. The third-order valence-electron chi connectivity index (χ3n) is 5.49. The monoisotopic (exact) mass is 190 g/mol. The van der Waals surface area contributed by atoms with Gasteiger partial charge in [0.2, 0.25) is 0 Å². The van der Waals surface area contributed by atoms with Crippen LogP contribution in [-0.2, 0) is 0 Å². The molecule has 0 heteroatoms. The van der Waals surface area contributed by atoms with Crippen LogP contribution in [0, 0.1) is 35.0 Å². The van der Waals surface area contributed by atoms with Crippen LogP contribution in [0.25, 0.3) is 0 Å². The number of rotatable bonds is 4. The maximum Gasteiger partial charge on any atom is -0.00482 e. The van der Waals surface area contributed by atoms with Crippen molar-refractivity contribution in [2.24, 2.45) is 35.0 Å². The van der Waals surface area contributed by atoms with E-state index < -0.39 is 0 Å². The Morgan fingerprint density at radius 2 is 2.00 bits per heavy atom. The molecule has 3 fully saturated rings. The van der Waals surface area contributed by atoms with Crippen LogP contribution >= 0.6 is 0 Å². The lowest BCUT2D eigenvalue weighted by molar-refractivity contribution is 0.337. The fourth-order valence-electron chi connectivity index (χ4n) is 4.03. The van der Waals surface area contributed by atoms with Gasteiger partial charge in [0, 0.05) is 0 Å². The van der Waals surface area contributed by atoms with E-state index in [1.807, 2.05) is 0 Å². The minimum Gasteiger partial charge on any atom is -0.0990 e. The summed E-state index contributed by atoms with van der Waals surface area (Å²) in [6.07, 6.45) is 4.32. The van der Waals surface area contributed by atoms with E-state index in [-0.39, 0.29) is 0 Å². The van der Waals surface area contributed by atoms with Crippen LogP contribution in [0.2, 0.25) is 0 Å². The molecule has 3 aliphatic carbocycles. The normalized spacial score (nSPS) is 50.9. The Kier molecular flexibility index (Phi) is 1.58. The van der Waals surface area contributed by atoms with Gasteiger partial charge in [-0.15, -0.1) is 0 Å². The van der Waals surface area contributed by atoms with Gasteiger partial charge in [0.15, 0.2) is 0 Å². The van der Waals surface area contributed by atoms with Gasteiger partial charge in [0.25, 0.3) is 0 Å². The van der Waals surface area contributed by atoms with E-state index in [1.165, 1.54) is 19.3 Å². The summed E-state index contributed by atoms with van der Waals surface area (Å²) in [5.41, 5.74) is 2.18. The SMILES string of the molecule is C=C(C(C)C1CC1)C1(C)C2C(CC)C21. The Morgan fingerprint density at radius 1 is 1.43 bits per heavy atom. The second-order valence-electron chi connectivity index (χ2n) is 6.06. The number of fused-ring (bicyclic) bond motifs is 1. The Hall–Kier alpha value is -0.260. The van der Waals surface area contributed by atoms with Crippen molar-refractivity contribution in [3.63, 3.8) is 0 Å². The molecular weight excluding hydrogens is 168 g/mol. The molecule has 3 atom stereocenters. The standard InChI is InChI=1S/C14H22/c1-5-11-12-13(11)14(12,4)9(3)8(2)10-6-7-10/h8,10-13H,3,5-7H2,1-2,4H3. The summed E-state index contributed by atoms with van der Waals surface area (Å²) < 4.78 is 0. The van der Waals surface area contributed by atoms with Gasteiger partial charge in [-0.1, -0.05) is 39.3 Å². The Bertz CT molecular complexity index is 274. The Labute approximate surface area is 87.8 Å². The van der Waals surface area contributed by atoms with Gasteiger partial charge in [0.05, 0.1) is 0 Å². The lowest BCUT2D eigenvalue weighted by atomic mass is 9.76. The summed E-state index contributed by atoms with van der Waals surface area (Å²) >= 11 is 0. The summed E-state index contributed by atoms with van der Waals surface area (Å²) in [6, 6.07) is 0. The minimum atomic E-state index is 0.586. The smallest absolute Gasteiger partial charge is 0.00482 e. The molecule has 0 N–H and O–H groups in total. The highest BCUT2D eigenvalue weighted by molar-refractivity contribution is 5.39. The number of allylic oxidation sites excluding steroid dienone is 1. The second-order valence-corrected chi connectivity index (χ2v) is 6.06. The summed E-state index contributed by atoms with van der Waals surface area (Å²) in [7, 11) is 0. The highest BCUT2D eigenvalue weighted by Crippen LogP contribution is 2.85. The van der Waals surface area contributed by atoms with E-state index in [4.69, 9.17) is 0 Å². The molecule has 0 aromatic heterocycles. The van der Waals surface area contributed by atoms with Crippen LogP contribution in [-0.4, -0.2) is 0 Å². The molecule has 3 unspecified atom stereocenters. The average Bonchev–Trinajstić information content (AvgIpc) is 3.05. The molecular formula is C14H22. The first-order chi connectivity index (χ1) is 6.62. The molecule has 0 nitrogen and oxygen atoms in total. The van der Waals surface area contributed by atoms with Crippen LogP contribution in [0.1, 0.15) is 40.0 Å². The van der Waals surface area contributed by atoms with Gasteiger partial charge < -0.3 is 0 Å². The zero-order valence-electron chi connectivity index (χ0n) is 9.72. The topological polar surface area (TPSA) is 0 Å². The molecule has 3 saturated carbocycles. The van der Waals surface area contributed by atoms with E-state index in [0.29, 0.717) is 5.41 Å². The van der Waals surface area contributed by atoms with E-state index >= 15 is 0 Å². The van der Waals surface area contributed by atoms with E-state index in [9.17, 15) is 0 Å². The molecule has 0 bridgehead atoms. The first-order valence-corrected chi connectivity index (χ1v) is 6.31. The van der Waals surface area contributed by atoms with Crippen molar-refractivity contribution in [2.75, 3.05) is 0 Å². The van der Waals surface area contributed by atoms with Crippen molar-refractivity contribution >= 4 is 0 Å². The van der Waals surface area contributed by atoms with Gasteiger partial charge in [-0.05, 0) is 47.8 Å². The molecule has 3 rings (SSSR count). The van der Waals surface area contributed by atoms with Crippen molar-refractivity contribution in [3.05, 3.63) is 12.2 Å². The number of hydrogen-bond donors (Lipinski definition) is 0. The molecule has 0 heterocycles. The summed E-state index contributed by atoms with van der Waals surface area (Å²) in [4.78, 5) is 0. The van der Waals surface area contributed by atoms with Crippen LogP contribution in [0.15, 0.2) is 12.2 Å². The van der Waals surface area contributed by atoms with Crippen LogP contribution in [0.4, 0.5) is 0 Å². The first-order valence-electron chi connectivity index (χ1n) is 6.31. The Morgan fingerprint density at radius 3 is 2.43 bits per heavy atom. The van der Waals surface area contributed by atoms with Gasteiger partial charge in [-0.25, -0.2) is 0 Å². The molecule has 0 radical (unpaired) electrons. The summed E-state index contributed by atoms with van der Waals surface area (Å²) in [5, 5.41) is 0. The van der Waals surface area contributed by atoms with Crippen LogP contribution in [0.5, 0.6) is 0 Å². The predicted molar refractivity (Wildman–Crippen MR) is 59.9 cm³/mol. The lowest BCUT2D eigenvalue weighted by Crippen LogP contribution is -2.20. The molecule has 0 spiro atoms. The molecule has 0 saturated heterocycles. The third kappa shape index (κ3) is 0.902. The van der Waals surface area contributed by atoms with Crippen LogP contribution in [0.3, 0.4) is 0 Å². The van der Waals surface area contributed by atoms with Crippen LogP contribution < -0.4 is 0 Å². The molecule has 0 amide bonds. The largest absolute Gasteiger partial charge is 0.0990 e. The van der Waals surface area contributed by atoms with Gasteiger partial charge >= 0.3 is 0 Å². The summed E-state index contributed by atoms with van der Waals surface area (Å²) in [5.74, 6) is 4.97. The van der Waals surface area contributed by atoms with Gasteiger partial charge in [-0.2, -0.15) is 0 Å². The molecule has 0 aromatic carbocycles. The van der Waals surface area contributed by atoms with Crippen molar-refractivity contribution < 1.29 is 0 Å². The number of hydrogen-bond acceptors (Lipinski definition) is 0. The van der Waals surface area contributed by atoms with Crippen molar-refractivity contribution in [3.8, 4) is 0 Å². The fraction of sp³-hybridized carbons (Fsp3) is 0.857. The third-order valence-corrected chi connectivity index (χ3v) is 5.49. The maximum absolute atomic E-state index is 4.40. The molecule has 0 aromatic rings. The zero-order chi connectivity index (χ0) is 10.1. The van der Waals surface area contributed by atoms with E-state index in [0.717, 1.165) is 29.6 Å². The van der Waals surface area contributed by atoms with E-state index in [1.54, 1.807) is 5.57 Å². The first kappa shape index (κ1) is 9.00. The average molecular weight is 190 g/mol. The molecule has 0 aliphatic heterocycles. The summed E-state index contributed by atoms with van der Waals surface area (Å²) in [6.45, 7) is 11.6. The fourth-order valence-corrected chi connectivity index (χ4v) is 4.03. The van der Waals surface area contributed by atoms with Gasteiger partial charge in [-0.3, -0.25) is 0 Å². The Balaban J connectivity index is 1.65. The maximum atomic E-state index is 4.40. The highest BCUT2D eigenvalue weighted by atomic mass is 14.8. The quantitative estimate of drug-likeness (QED) is 0.590. The van der Waals surface area contributed by atoms with Crippen molar-refractivity contribution in [1.82, 2.24) is 0 Å². The van der Waals surface area contributed by atoms with E-state index in [2.05, 4.69) is 27.4 Å². The molecule has 78 valence electrons. The molecule has 3 aliphatic rings. The van der Waals surface area contributed by atoms with Gasteiger partial charge in [0.1, 0.15) is 0 Å². The lowest BCUT2D eigenvalue weighted by Gasteiger charge is -2.28. The highest BCUT2D eigenvalue weighted by Gasteiger charge is 2.80. The second kappa shape index (κ2) is 2.46. The minimum absolute atomic E-state index is 0.586. The van der Waals surface area contributed by atoms with Crippen molar-refractivity contribution in [2.45, 2.75) is 40.0 Å². The van der Waals surface area contributed by atoms with Crippen molar-refractivity contribution in [1.29, 1.82) is 0 Å². The zero-order valence-corrected chi connectivity index (χ0v) is 9.72.